The Balaban J connectivity index is 0.000000236. The zero-order valence-corrected chi connectivity index (χ0v) is 13.4. The van der Waals surface area contributed by atoms with Gasteiger partial charge in [-0.25, -0.2) is 4.79 Å². The highest BCUT2D eigenvalue weighted by Gasteiger charge is 2.27. The fourth-order valence-corrected chi connectivity index (χ4v) is 1.96. The Labute approximate surface area is 145 Å². The monoisotopic (exact) mass is 338 g/mol. The summed E-state index contributed by atoms with van der Waals surface area (Å²) in [6, 6.07) is 18.9. The van der Waals surface area contributed by atoms with Crippen LogP contribution in [0.3, 0.4) is 0 Å². The SMILES string of the molecule is NNc1ccccc1.O=C(/C=C/c1ccccc1)C1=C(O)C(=O)OC1. The van der Waals surface area contributed by atoms with Crippen molar-refractivity contribution in [2.45, 2.75) is 0 Å². The van der Waals surface area contributed by atoms with E-state index in [-0.39, 0.29) is 12.2 Å². The number of aliphatic hydroxyl groups excluding tert-OH is 1. The summed E-state index contributed by atoms with van der Waals surface area (Å²) >= 11 is 0. The number of carbonyl (C=O) groups is 2. The molecule has 6 nitrogen and oxygen atoms in total. The highest BCUT2D eigenvalue weighted by Crippen LogP contribution is 2.15. The Morgan fingerprint density at radius 3 is 2.16 bits per heavy atom. The number of nitrogens with two attached hydrogens (primary N) is 1. The lowest BCUT2D eigenvalue weighted by atomic mass is 10.1. The molecule has 0 radical (unpaired) electrons. The van der Waals surface area contributed by atoms with Gasteiger partial charge in [0.15, 0.2) is 5.78 Å². The number of ketones is 1. The molecule has 0 atom stereocenters. The third-order valence-corrected chi connectivity index (χ3v) is 3.29. The summed E-state index contributed by atoms with van der Waals surface area (Å²) in [6.45, 7) is -0.164. The van der Waals surface area contributed by atoms with Crippen LogP contribution in [0.5, 0.6) is 0 Å². The van der Waals surface area contributed by atoms with Crippen LogP contribution in [-0.2, 0) is 14.3 Å². The Bertz CT molecular complexity index is 784. The molecule has 0 amide bonds. The quantitative estimate of drug-likeness (QED) is 0.343. The molecule has 0 saturated heterocycles. The molecule has 2 aromatic rings. The minimum absolute atomic E-state index is 0.00202. The Kier molecular flexibility index (Phi) is 6.50. The molecule has 1 aliphatic rings. The van der Waals surface area contributed by atoms with Crippen molar-refractivity contribution in [1.82, 2.24) is 0 Å². The number of nitrogen functional groups attached to an aromatic ring is 1. The van der Waals surface area contributed by atoms with E-state index in [1.165, 1.54) is 6.08 Å². The van der Waals surface area contributed by atoms with E-state index in [1.807, 2.05) is 60.7 Å². The van der Waals surface area contributed by atoms with E-state index in [4.69, 9.17) is 5.84 Å². The summed E-state index contributed by atoms with van der Waals surface area (Å²) in [7, 11) is 0. The number of para-hydroxylation sites is 1. The molecule has 2 aromatic carbocycles. The maximum atomic E-state index is 11.6. The van der Waals surface area contributed by atoms with Crippen molar-refractivity contribution >= 4 is 23.5 Å². The number of hydrogen-bond donors (Lipinski definition) is 3. The Morgan fingerprint density at radius 1 is 1.08 bits per heavy atom. The van der Waals surface area contributed by atoms with Crippen LogP contribution in [0, 0.1) is 0 Å². The molecule has 0 spiro atoms. The lowest BCUT2D eigenvalue weighted by Gasteiger charge is -1.94. The molecule has 0 fully saturated rings. The fourth-order valence-electron chi connectivity index (χ4n) is 1.96. The smallest absolute Gasteiger partial charge is 0.374 e. The summed E-state index contributed by atoms with van der Waals surface area (Å²) in [5, 5.41) is 9.28. The predicted octanol–water partition coefficient (Wildman–Crippen LogP) is 2.61. The third-order valence-electron chi connectivity index (χ3n) is 3.29. The molecule has 0 aromatic heterocycles. The highest BCUT2D eigenvalue weighted by molar-refractivity contribution is 6.12. The van der Waals surface area contributed by atoms with Crippen molar-refractivity contribution in [2.75, 3.05) is 12.0 Å². The predicted molar refractivity (Wildman–Crippen MR) is 95.3 cm³/mol. The minimum atomic E-state index is -0.846. The number of anilines is 1. The number of benzene rings is 2. The number of aliphatic hydroxyl groups is 1. The molecule has 3 rings (SSSR count). The number of cyclic esters (lactones) is 1. The first-order chi connectivity index (χ1) is 12.1. The zero-order valence-electron chi connectivity index (χ0n) is 13.4. The molecule has 1 heterocycles. The maximum absolute atomic E-state index is 11.6. The number of nitrogens with one attached hydrogen (secondary N) is 1. The molecular formula is C19H18N2O4. The number of allylic oxidation sites excluding steroid dienone is 1. The van der Waals surface area contributed by atoms with Gasteiger partial charge in [-0.3, -0.25) is 10.6 Å². The van der Waals surface area contributed by atoms with Crippen molar-refractivity contribution in [2.24, 2.45) is 5.84 Å². The number of carbonyl (C=O) groups excluding carboxylic acids is 2. The number of hydrogen-bond acceptors (Lipinski definition) is 6. The van der Waals surface area contributed by atoms with Gasteiger partial charge in [0.2, 0.25) is 5.76 Å². The molecular weight excluding hydrogens is 320 g/mol. The molecule has 6 heteroatoms. The molecule has 4 N–H and O–H groups in total. The average Bonchev–Trinajstić information content (AvgIpc) is 3.01. The number of hydrazine groups is 1. The van der Waals surface area contributed by atoms with Gasteiger partial charge in [0.25, 0.3) is 0 Å². The maximum Gasteiger partial charge on any atom is 0.374 e. The van der Waals surface area contributed by atoms with Gasteiger partial charge in [0.05, 0.1) is 5.57 Å². The van der Waals surface area contributed by atoms with E-state index in [9.17, 15) is 14.7 Å². The minimum Gasteiger partial charge on any atom is -0.501 e. The summed E-state index contributed by atoms with van der Waals surface area (Å²) in [5.41, 5.74) is 4.33. The van der Waals surface area contributed by atoms with E-state index in [0.717, 1.165) is 11.3 Å². The molecule has 1 aliphatic heterocycles. The second kappa shape index (κ2) is 9.05. The van der Waals surface area contributed by atoms with E-state index < -0.39 is 17.5 Å². The highest BCUT2D eigenvalue weighted by atomic mass is 16.6. The average molecular weight is 338 g/mol. The molecule has 0 aliphatic carbocycles. The van der Waals surface area contributed by atoms with Crippen molar-refractivity contribution in [3.8, 4) is 0 Å². The molecule has 128 valence electrons. The zero-order chi connectivity index (χ0) is 18.1. The number of esters is 1. The van der Waals surface area contributed by atoms with E-state index >= 15 is 0 Å². The van der Waals surface area contributed by atoms with Crippen LogP contribution in [0.2, 0.25) is 0 Å². The largest absolute Gasteiger partial charge is 0.501 e. The number of ether oxygens (including phenoxy) is 1. The van der Waals surface area contributed by atoms with Gasteiger partial charge < -0.3 is 15.3 Å². The first kappa shape index (κ1) is 18.0. The molecule has 0 bridgehead atoms. The fraction of sp³-hybridized carbons (Fsp3) is 0.0526. The van der Waals surface area contributed by atoms with Crippen LogP contribution in [0.4, 0.5) is 5.69 Å². The normalized spacial score (nSPS) is 13.2. The molecule has 0 unspecified atom stereocenters. The lowest BCUT2D eigenvalue weighted by molar-refractivity contribution is -0.138. The Morgan fingerprint density at radius 2 is 1.68 bits per heavy atom. The van der Waals surface area contributed by atoms with Gasteiger partial charge in [-0.2, -0.15) is 0 Å². The van der Waals surface area contributed by atoms with Crippen molar-refractivity contribution in [3.05, 3.63) is 83.6 Å². The van der Waals surface area contributed by atoms with Gasteiger partial charge >= 0.3 is 5.97 Å². The van der Waals surface area contributed by atoms with Gasteiger partial charge in [-0.1, -0.05) is 54.6 Å². The van der Waals surface area contributed by atoms with E-state index in [1.54, 1.807) is 6.08 Å². The summed E-state index contributed by atoms with van der Waals surface area (Å²) in [5.74, 6) is 3.24. The van der Waals surface area contributed by atoms with Crippen LogP contribution in [0.1, 0.15) is 5.56 Å². The lowest BCUT2D eigenvalue weighted by Crippen LogP contribution is -2.05. The first-order valence-corrected chi connectivity index (χ1v) is 7.50. The van der Waals surface area contributed by atoms with Gasteiger partial charge in [0.1, 0.15) is 6.61 Å². The van der Waals surface area contributed by atoms with Crippen LogP contribution < -0.4 is 11.3 Å². The first-order valence-electron chi connectivity index (χ1n) is 7.50. The van der Waals surface area contributed by atoms with Gasteiger partial charge in [0, 0.05) is 5.69 Å². The summed E-state index contributed by atoms with van der Waals surface area (Å²) in [6.07, 6.45) is 2.92. The van der Waals surface area contributed by atoms with Crippen LogP contribution in [0.15, 0.2) is 78.1 Å². The molecule has 25 heavy (non-hydrogen) atoms. The second-order valence-electron chi connectivity index (χ2n) is 5.02. The second-order valence-corrected chi connectivity index (χ2v) is 5.02. The third kappa shape index (κ3) is 5.33. The van der Waals surface area contributed by atoms with Gasteiger partial charge in [-0.05, 0) is 23.8 Å². The van der Waals surface area contributed by atoms with Crippen LogP contribution in [-0.4, -0.2) is 23.5 Å². The topological polar surface area (TPSA) is 102 Å². The van der Waals surface area contributed by atoms with Crippen molar-refractivity contribution < 1.29 is 19.4 Å². The Hall–Kier alpha value is -3.38. The summed E-state index contributed by atoms with van der Waals surface area (Å²) < 4.78 is 4.53. The molecule has 0 saturated carbocycles. The summed E-state index contributed by atoms with van der Waals surface area (Å²) in [4.78, 5) is 22.5. The van der Waals surface area contributed by atoms with Crippen LogP contribution >= 0.6 is 0 Å². The van der Waals surface area contributed by atoms with Crippen molar-refractivity contribution in [3.63, 3.8) is 0 Å². The van der Waals surface area contributed by atoms with E-state index in [2.05, 4.69) is 10.2 Å². The number of rotatable bonds is 4. The van der Waals surface area contributed by atoms with Crippen LogP contribution in [0.25, 0.3) is 6.08 Å². The standard InChI is InChI=1S/C13H10O4.C6H8N2/c14-11(10-8-17-13(16)12(10)15)7-6-9-4-2-1-3-5-9;7-8-6-4-2-1-3-5-6/h1-7,15H,8H2;1-5,8H,7H2/b7-6+;. The van der Waals surface area contributed by atoms with Crippen molar-refractivity contribution in [1.29, 1.82) is 0 Å². The van der Waals surface area contributed by atoms with Gasteiger partial charge in [-0.15, -0.1) is 0 Å². The van der Waals surface area contributed by atoms with E-state index in [0.29, 0.717) is 0 Å².